The molecule has 0 rings (SSSR count). The average Bonchev–Trinajstić information content (AvgIpc) is 3.36. The van der Waals surface area contributed by atoms with Crippen LogP contribution in [0.1, 0.15) is 126 Å². The Kier molecular flexibility index (Phi) is 34.5. The summed E-state index contributed by atoms with van der Waals surface area (Å²) in [6.45, 7) is 13.2. The van der Waals surface area contributed by atoms with Gasteiger partial charge in [-0.2, -0.15) is 0 Å². The van der Waals surface area contributed by atoms with Gasteiger partial charge in [-0.1, -0.05) is 68.2 Å². The first-order valence-corrected chi connectivity index (χ1v) is 26.9. The number of primary amides is 1. The van der Waals surface area contributed by atoms with Crippen molar-refractivity contribution < 1.29 is 58.2 Å². The van der Waals surface area contributed by atoms with E-state index in [1.165, 1.54) is 0 Å². The van der Waals surface area contributed by atoms with E-state index < -0.39 is 138 Å². The van der Waals surface area contributed by atoms with Crippen LogP contribution in [0.4, 0.5) is 0 Å². The van der Waals surface area contributed by atoms with Gasteiger partial charge in [-0.15, -0.1) is 0 Å². The van der Waals surface area contributed by atoms with Gasteiger partial charge in [0.2, 0.25) is 53.2 Å². The molecule has 31 nitrogen and oxygen atoms in total. The van der Waals surface area contributed by atoms with Gasteiger partial charge in [-0.05, 0) is 75.0 Å². The van der Waals surface area contributed by atoms with E-state index in [1.54, 1.807) is 55.4 Å². The third-order valence-electron chi connectivity index (χ3n) is 12.6. The number of aliphatic hydroxyl groups excluding tert-OH is 1. The fourth-order valence-corrected chi connectivity index (χ4v) is 7.72. The number of carboxylic acids is 1. The molecule has 0 bridgehead atoms. The second-order valence-corrected chi connectivity index (χ2v) is 20.5. The number of nitrogens with zero attached hydrogens (tertiary/aromatic N) is 3. The van der Waals surface area contributed by atoms with Crippen LogP contribution >= 0.6 is 0 Å². The highest BCUT2D eigenvalue weighted by Gasteiger charge is 2.37. The summed E-state index contributed by atoms with van der Waals surface area (Å²) in [6, 6.07) is -12.6. The molecule has 0 aliphatic rings. The number of amides is 9. The summed E-state index contributed by atoms with van der Waals surface area (Å²) in [6.07, 6.45) is 0.555. The minimum absolute atomic E-state index is 0.0291. The van der Waals surface area contributed by atoms with Crippen molar-refractivity contribution in [3.05, 3.63) is 0 Å². The molecule has 456 valence electrons. The fraction of sp³-hybridized carbons (Fsp3) is 0.735. The third kappa shape index (κ3) is 29.4. The molecule has 0 aliphatic carbocycles. The van der Waals surface area contributed by atoms with Crippen LogP contribution in [0.2, 0.25) is 0 Å². The predicted molar refractivity (Wildman–Crippen MR) is 300 cm³/mol. The molecule has 0 heterocycles. The molecule has 0 radical (unpaired) electrons. The number of carbonyl (C=O) groups is 10. The van der Waals surface area contributed by atoms with Crippen LogP contribution in [0, 0.1) is 23.7 Å². The summed E-state index contributed by atoms with van der Waals surface area (Å²) in [5, 5.41) is 40.3. The van der Waals surface area contributed by atoms with Gasteiger partial charge in [0, 0.05) is 19.6 Å². The first-order chi connectivity index (χ1) is 37.4. The van der Waals surface area contributed by atoms with Gasteiger partial charge in [0.1, 0.15) is 48.3 Å². The van der Waals surface area contributed by atoms with Crippen molar-refractivity contribution in [2.45, 2.75) is 180 Å². The average molecular weight is 1140 g/mol. The molecular weight excluding hydrogens is 1050 g/mol. The first kappa shape index (κ1) is 72.4. The van der Waals surface area contributed by atoms with E-state index in [1.807, 2.05) is 0 Å². The lowest BCUT2D eigenvalue weighted by molar-refractivity contribution is -0.142. The summed E-state index contributed by atoms with van der Waals surface area (Å²) >= 11 is 0. The number of guanidine groups is 3. The zero-order chi connectivity index (χ0) is 61.4. The Bertz CT molecular complexity index is 2130. The van der Waals surface area contributed by atoms with Crippen molar-refractivity contribution in [2.24, 2.45) is 84.5 Å². The molecule has 0 saturated carbocycles. The van der Waals surface area contributed by atoms with E-state index in [4.69, 9.17) is 45.9 Å². The standard InChI is InChI=1S/C49H93N19O12/c1-9-26(7)36(44(77)65-32(21-25(5)6)40(73)62-30(46(79)80)16-13-19-60-49(56)57)68-45(78)37(27(8)10-2)67-39(72)29(15-12-18-59-48(54)55)61-42(75)33(22-35(51)70)64-43(76)34(23-69)66-41(74)31(20-24(3)4)63-38(71)28(50)14-11-17-58-47(52)53/h24-34,36-37,69H,9-23,50H2,1-8H3,(H2,51,70)(H,61,75)(H,62,73)(H,63,71)(H,64,76)(H,65,77)(H,66,74)(H,67,72)(H,68,78)(H,79,80)(H4,52,53,58)(H4,54,55,59)(H4,56,57,60)/t26-,27-,28-,29-,30-,31-,32-,33-,34-,36-,37-/m0/s1. The Morgan fingerprint density at radius 1 is 0.425 bits per heavy atom. The highest BCUT2D eigenvalue weighted by atomic mass is 16.4. The van der Waals surface area contributed by atoms with E-state index in [0.29, 0.717) is 19.3 Å². The van der Waals surface area contributed by atoms with Gasteiger partial charge in [-0.3, -0.25) is 58.1 Å². The van der Waals surface area contributed by atoms with E-state index in [-0.39, 0.29) is 94.3 Å². The Hall–Kier alpha value is -7.57. The number of rotatable bonds is 40. The zero-order valence-corrected chi connectivity index (χ0v) is 47.5. The predicted octanol–water partition coefficient (Wildman–Crippen LogP) is -5.51. The largest absolute Gasteiger partial charge is 0.480 e. The second-order valence-electron chi connectivity index (χ2n) is 20.5. The quantitative estimate of drug-likeness (QED) is 0.0155. The maximum absolute atomic E-state index is 14.3. The molecule has 0 unspecified atom stereocenters. The number of hydrogen-bond donors (Lipinski definition) is 18. The van der Waals surface area contributed by atoms with Crippen molar-refractivity contribution >= 4 is 77.0 Å². The Morgan fingerprint density at radius 3 is 1.15 bits per heavy atom. The van der Waals surface area contributed by atoms with Crippen molar-refractivity contribution in [1.82, 2.24) is 42.5 Å². The number of aliphatic carboxylic acids is 1. The number of carbonyl (C=O) groups excluding carboxylic acids is 9. The number of hydrogen-bond acceptors (Lipinski definition) is 15. The maximum Gasteiger partial charge on any atom is 0.326 e. The van der Waals surface area contributed by atoms with Gasteiger partial charge in [-0.25, -0.2) is 4.79 Å². The molecule has 0 aromatic carbocycles. The van der Waals surface area contributed by atoms with Crippen molar-refractivity contribution in [3.8, 4) is 0 Å². The highest BCUT2D eigenvalue weighted by Crippen LogP contribution is 2.16. The Labute approximate surface area is 467 Å². The van der Waals surface area contributed by atoms with E-state index in [2.05, 4.69) is 57.5 Å². The van der Waals surface area contributed by atoms with Crippen molar-refractivity contribution in [2.75, 3.05) is 26.2 Å². The van der Waals surface area contributed by atoms with Crippen LogP contribution in [-0.2, 0) is 47.9 Å². The molecule has 0 fully saturated rings. The van der Waals surface area contributed by atoms with Crippen LogP contribution in [0.25, 0.3) is 0 Å². The molecule has 31 heteroatoms. The third-order valence-corrected chi connectivity index (χ3v) is 12.6. The lowest BCUT2D eigenvalue weighted by atomic mass is 9.94. The van der Waals surface area contributed by atoms with Crippen LogP contribution in [-0.4, -0.2) is 168 Å². The van der Waals surface area contributed by atoms with E-state index >= 15 is 0 Å². The lowest BCUT2D eigenvalue weighted by Gasteiger charge is -2.31. The minimum atomic E-state index is -1.81. The molecule has 0 aromatic heterocycles. The van der Waals surface area contributed by atoms with Gasteiger partial charge in [0.15, 0.2) is 17.9 Å². The van der Waals surface area contributed by atoms with E-state index in [9.17, 15) is 58.2 Å². The Balaban J connectivity index is 6.75. The van der Waals surface area contributed by atoms with Gasteiger partial charge < -0.3 is 98.6 Å². The molecular formula is C49H93N19O12. The van der Waals surface area contributed by atoms with Gasteiger partial charge in [0.25, 0.3) is 0 Å². The zero-order valence-electron chi connectivity index (χ0n) is 47.5. The SMILES string of the molecule is CC[C@H](C)[C@H](NC(=O)[C@H](CCCN=C(N)N)NC(=O)[C@H](CC(N)=O)NC(=O)[C@H](CO)NC(=O)[C@H](CC(C)C)NC(=O)[C@@H](N)CCCN=C(N)N)C(=O)N[C@H](C(=O)N[C@@H](CC(C)C)C(=O)N[C@@H](CCCN=C(N)N)C(=O)O)[C@@H](C)CC. The van der Waals surface area contributed by atoms with Gasteiger partial charge >= 0.3 is 5.97 Å². The summed E-state index contributed by atoms with van der Waals surface area (Å²) in [5.74, 6) is -11.7. The number of aliphatic imine (C=N–C) groups is 3. The summed E-state index contributed by atoms with van der Waals surface area (Å²) < 4.78 is 0. The monoisotopic (exact) mass is 1140 g/mol. The topological polar surface area (TPSA) is 553 Å². The van der Waals surface area contributed by atoms with E-state index in [0.717, 1.165) is 0 Å². The number of aliphatic hydroxyl groups is 1. The molecule has 0 spiro atoms. The molecule has 11 atom stereocenters. The molecule has 0 saturated heterocycles. The number of nitrogens with two attached hydrogens (primary N) is 8. The van der Waals surface area contributed by atoms with Gasteiger partial charge in [0.05, 0.1) is 19.1 Å². The smallest absolute Gasteiger partial charge is 0.326 e. The lowest BCUT2D eigenvalue weighted by Crippen LogP contribution is -2.62. The molecule has 0 aliphatic heterocycles. The van der Waals surface area contributed by atoms with Crippen molar-refractivity contribution in [1.29, 1.82) is 0 Å². The summed E-state index contributed by atoms with van der Waals surface area (Å²) in [7, 11) is 0. The molecule has 0 aromatic rings. The summed E-state index contributed by atoms with van der Waals surface area (Å²) in [4.78, 5) is 147. The fourth-order valence-electron chi connectivity index (χ4n) is 7.72. The number of nitrogens with one attached hydrogen (secondary N) is 8. The Morgan fingerprint density at radius 2 is 0.750 bits per heavy atom. The van der Waals surface area contributed by atoms with Crippen LogP contribution in [0.5, 0.6) is 0 Å². The molecule has 9 amide bonds. The van der Waals surface area contributed by atoms with Crippen molar-refractivity contribution in [3.63, 3.8) is 0 Å². The highest BCUT2D eigenvalue weighted by molar-refractivity contribution is 5.99. The minimum Gasteiger partial charge on any atom is -0.480 e. The molecule has 80 heavy (non-hydrogen) atoms. The van der Waals surface area contributed by atoms with Crippen LogP contribution in [0.15, 0.2) is 15.0 Å². The summed E-state index contributed by atoms with van der Waals surface area (Å²) in [5.41, 5.74) is 43.9. The normalized spacial score (nSPS) is 15.2. The van der Waals surface area contributed by atoms with Crippen LogP contribution in [0.3, 0.4) is 0 Å². The maximum atomic E-state index is 14.3. The first-order valence-electron chi connectivity index (χ1n) is 26.9. The number of carboxylic acid groups (broad SMARTS) is 1. The molecule has 26 N–H and O–H groups in total. The second kappa shape index (κ2) is 38.1. The van der Waals surface area contributed by atoms with Crippen LogP contribution < -0.4 is 88.4 Å².